The Kier molecular flexibility index (Phi) is 6.80. The fraction of sp³-hybridized carbons (Fsp3) is 0.400. The summed E-state index contributed by atoms with van der Waals surface area (Å²) in [6.45, 7) is 3.99. The zero-order valence-electron chi connectivity index (χ0n) is 16.4. The van der Waals surface area contributed by atoms with Crippen LogP contribution in [0.2, 0.25) is 0 Å². The summed E-state index contributed by atoms with van der Waals surface area (Å²) in [6.07, 6.45) is -11.4. The monoisotopic (exact) mass is 434 g/mol. The largest absolute Gasteiger partial charge is 0.430 e. The van der Waals surface area contributed by atoms with Crippen molar-refractivity contribution < 1.29 is 35.9 Å². The highest BCUT2D eigenvalue weighted by Gasteiger charge is 2.73. The molecule has 10 heteroatoms. The molecule has 164 valence electrons. The molecule has 0 aliphatic carbocycles. The number of amides is 1. The van der Waals surface area contributed by atoms with Gasteiger partial charge in [-0.2, -0.15) is 26.3 Å². The van der Waals surface area contributed by atoms with E-state index in [0.717, 1.165) is 31.5 Å². The molecular weight excluding hydrogens is 414 g/mol. The molecule has 0 aliphatic rings. The second-order valence-corrected chi connectivity index (χ2v) is 6.97. The number of anilines is 1. The van der Waals surface area contributed by atoms with E-state index in [2.05, 4.69) is 15.0 Å². The molecule has 1 aromatic heterocycles. The van der Waals surface area contributed by atoms with Crippen LogP contribution in [0.25, 0.3) is 0 Å². The van der Waals surface area contributed by atoms with Gasteiger partial charge in [-0.05, 0) is 44.5 Å². The minimum Gasteiger partial charge on any atom is -0.351 e. The third kappa shape index (κ3) is 5.10. The Bertz CT molecular complexity index is 845. The standard InChI is InChI=1S/C20H20F6N2O2/c1-12(2)30-18(19(21,22)23,20(24,25)26)14-5-8-15(9-6-14)28-17(29)10-16-7-4-13(3)11-27-16/h4-9,11-12H,10H2,1-3H3,(H,28,29). The van der Waals surface area contributed by atoms with Gasteiger partial charge < -0.3 is 10.1 Å². The molecule has 1 heterocycles. The Balaban J connectivity index is 2.28. The van der Waals surface area contributed by atoms with Gasteiger partial charge in [-0.1, -0.05) is 18.2 Å². The zero-order valence-corrected chi connectivity index (χ0v) is 16.4. The third-order valence-corrected chi connectivity index (χ3v) is 4.10. The summed E-state index contributed by atoms with van der Waals surface area (Å²) in [5, 5.41) is 2.42. The second kappa shape index (κ2) is 8.63. The minimum absolute atomic E-state index is 0.0404. The maximum atomic E-state index is 13.6. The van der Waals surface area contributed by atoms with Gasteiger partial charge in [-0.15, -0.1) is 0 Å². The maximum absolute atomic E-state index is 13.6. The lowest BCUT2D eigenvalue weighted by Crippen LogP contribution is -2.57. The summed E-state index contributed by atoms with van der Waals surface area (Å²) >= 11 is 0. The first-order chi connectivity index (χ1) is 13.8. The number of aromatic nitrogens is 1. The molecule has 2 aromatic rings. The van der Waals surface area contributed by atoms with Crippen LogP contribution in [0.1, 0.15) is 30.7 Å². The number of pyridine rings is 1. The summed E-state index contributed by atoms with van der Waals surface area (Å²) in [7, 11) is 0. The number of ether oxygens (including phenoxy) is 1. The lowest BCUT2D eigenvalue weighted by atomic mass is 9.91. The Morgan fingerprint density at radius 1 is 1.00 bits per heavy atom. The summed E-state index contributed by atoms with van der Waals surface area (Å²) in [5.74, 6) is -0.518. The van der Waals surface area contributed by atoms with Crippen molar-refractivity contribution in [2.45, 2.75) is 51.2 Å². The SMILES string of the molecule is Cc1ccc(CC(=O)Nc2ccc(C(OC(C)C)(C(F)(F)F)C(F)(F)F)cc2)nc1. The van der Waals surface area contributed by atoms with Crippen LogP contribution in [0.5, 0.6) is 0 Å². The number of hydrogen-bond acceptors (Lipinski definition) is 3. The number of aryl methyl sites for hydroxylation is 1. The number of benzene rings is 1. The van der Waals surface area contributed by atoms with E-state index in [0.29, 0.717) is 17.8 Å². The molecule has 1 amide bonds. The van der Waals surface area contributed by atoms with E-state index >= 15 is 0 Å². The van der Waals surface area contributed by atoms with Gasteiger partial charge in [0.25, 0.3) is 5.60 Å². The van der Waals surface area contributed by atoms with Crippen LogP contribution in [0.4, 0.5) is 32.0 Å². The smallest absolute Gasteiger partial charge is 0.351 e. The van der Waals surface area contributed by atoms with Crippen molar-refractivity contribution in [1.82, 2.24) is 4.98 Å². The highest BCUT2D eigenvalue weighted by Crippen LogP contribution is 2.53. The minimum atomic E-state index is -5.75. The summed E-state index contributed by atoms with van der Waals surface area (Å²) < 4.78 is 85.9. The molecule has 0 radical (unpaired) electrons. The van der Waals surface area contributed by atoms with E-state index in [1.807, 2.05) is 6.92 Å². The molecule has 1 N–H and O–H groups in total. The Morgan fingerprint density at radius 3 is 2.00 bits per heavy atom. The van der Waals surface area contributed by atoms with Gasteiger partial charge in [0.1, 0.15) is 0 Å². The van der Waals surface area contributed by atoms with Crippen molar-refractivity contribution in [1.29, 1.82) is 0 Å². The molecular formula is C20H20F6N2O2. The van der Waals surface area contributed by atoms with Crippen molar-refractivity contribution in [2.75, 3.05) is 5.32 Å². The first-order valence-corrected chi connectivity index (χ1v) is 8.89. The van der Waals surface area contributed by atoms with Crippen molar-refractivity contribution in [3.63, 3.8) is 0 Å². The van der Waals surface area contributed by atoms with Crippen LogP contribution in [-0.2, 0) is 21.6 Å². The molecule has 0 aliphatic heterocycles. The number of rotatable bonds is 6. The van der Waals surface area contributed by atoms with E-state index in [4.69, 9.17) is 0 Å². The lowest BCUT2D eigenvalue weighted by Gasteiger charge is -2.38. The third-order valence-electron chi connectivity index (χ3n) is 4.10. The molecule has 0 saturated heterocycles. The molecule has 0 unspecified atom stereocenters. The number of halogens is 6. The average molecular weight is 434 g/mol. The Morgan fingerprint density at radius 2 is 1.57 bits per heavy atom. The van der Waals surface area contributed by atoms with Gasteiger partial charge in [0.2, 0.25) is 5.91 Å². The van der Waals surface area contributed by atoms with Gasteiger partial charge in [0.05, 0.1) is 12.5 Å². The normalized spacial score (nSPS) is 12.9. The molecule has 2 rings (SSSR count). The summed E-state index contributed by atoms with van der Waals surface area (Å²) in [6, 6.07) is 6.61. The van der Waals surface area contributed by atoms with Crippen molar-refractivity contribution in [3.8, 4) is 0 Å². The Labute approximate surface area is 169 Å². The van der Waals surface area contributed by atoms with Crippen molar-refractivity contribution in [2.24, 2.45) is 0 Å². The van der Waals surface area contributed by atoms with Crippen molar-refractivity contribution >= 4 is 11.6 Å². The molecule has 0 spiro atoms. The summed E-state index contributed by atoms with van der Waals surface area (Å²) in [4.78, 5) is 16.1. The van der Waals surface area contributed by atoms with Gasteiger partial charge in [-0.25, -0.2) is 0 Å². The number of nitrogens with one attached hydrogen (secondary N) is 1. The second-order valence-electron chi connectivity index (χ2n) is 6.97. The quantitative estimate of drug-likeness (QED) is 0.627. The van der Waals surface area contributed by atoms with Gasteiger partial charge in [0, 0.05) is 23.1 Å². The van der Waals surface area contributed by atoms with Crippen LogP contribution in [-0.4, -0.2) is 29.3 Å². The molecule has 0 bridgehead atoms. The number of carbonyl (C=O) groups is 1. The van der Waals surface area contributed by atoms with E-state index in [9.17, 15) is 31.1 Å². The molecule has 4 nitrogen and oxygen atoms in total. The van der Waals surface area contributed by atoms with E-state index in [-0.39, 0.29) is 12.1 Å². The zero-order chi connectivity index (χ0) is 22.7. The van der Waals surface area contributed by atoms with Crippen LogP contribution in [0.15, 0.2) is 42.6 Å². The topological polar surface area (TPSA) is 51.2 Å². The van der Waals surface area contributed by atoms with Crippen LogP contribution >= 0.6 is 0 Å². The number of hydrogen-bond donors (Lipinski definition) is 1. The highest BCUT2D eigenvalue weighted by atomic mass is 19.4. The molecule has 1 aromatic carbocycles. The summed E-state index contributed by atoms with van der Waals surface area (Å²) in [5.41, 5.74) is -4.21. The van der Waals surface area contributed by atoms with Gasteiger partial charge in [-0.3, -0.25) is 9.78 Å². The molecule has 0 fully saturated rings. The Hall–Kier alpha value is -2.62. The lowest BCUT2D eigenvalue weighted by molar-refractivity contribution is -0.396. The first kappa shape index (κ1) is 23.7. The van der Waals surface area contributed by atoms with Gasteiger partial charge in [0.15, 0.2) is 0 Å². The predicted octanol–water partition coefficient (Wildman–Crippen LogP) is 5.32. The molecule has 0 saturated carbocycles. The fourth-order valence-electron chi connectivity index (χ4n) is 2.80. The number of nitrogens with zero attached hydrogens (tertiary/aromatic N) is 1. The molecule has 0 atom stereocenters. The average Bonchev–Trinajstić information content (AvgIpc) is 2.60. The molecule has 30 heavy (non-hydrogen) atoms. The first-order valence-electron chi connectivity index (χ1n) is 8.89. The van der Waals surface area contributed by atoms with E-state index in [1.165, 1.54) is 0 Å². The number of carbonyl (C=O) groups excluding carboxylic acids is 1. The van der Waals surface area contributed by atoms with Crippen molar-refractivity contribution in [3.05, 3.63) is 59.4 Å². The van der Waals surface area contributed by atoms with Crippen LogP contribution < -0.4 is 5.32 Å². The van der Waals surface area contributed by atoms with E-state index < -0.39 is 35.5 Å². The number of alkyl halides is 6. The fourth-order valence-corrected chi connectivity index (χ4v) is 2.80. The van der Waals surface area contributed by atoms with Gasteiger partial charge >= 0.3 is 12.4 Å². The predicted molar refractivity (Wildman–Crippen MR) is 97.8 cm³/mol. The highest BCUT2D eigenvalue weighted by molar-refractivity contribution is 5.92. The van der Waals surface area contributed by atoms with Crippen LogP contribution in [0.3, 0.4) is 0 Å². The van der Waals surface area contributed by atoms with Crippen LogP contribution in [0, 0.1) is 6.92 Å². The maximum Gasteiger partial charge on any atom is 0.430 e. The van der Waals surface area contributed by atoms with E-state index in [1.54, 1.807) is 18.3 Å².